The van der Waals surface area contributed by atoms with Crippen molar-refractivity contribution < 1.29 is 9.84 Å². The fourth-order valence-electron chi connectivity index (χ4n) is 3.94. The van der Waals surface area contributed by atoms with Gasteiger partial charge >= 0.3 is 0 Å². The van der Waals surface area contributed by atoms with Crippen molar-refractivity contribution >= 4 is 29.9 Å². The summed E-state index contributed by atoms with van der Waals surface area (Å²) in [7, 11) is 3.54. The van der Waals surface area contributed by atoms with Crippen molar-refractivity contribution in [3.63, 3.8) is 0 Å². The van der Waals surface area contributed by atoms with Crippen LogP contribution in [0.3, 0.4) is 0 Å². The molecular weight excluding hydrogens is 531 g/mol. The lowest BCUT2D eigenvalue weighted by atomic mass is 9.96. The molecule has 1 unspecified atom stereocenters. The lowest BCUT2D eigenvalue weighted by Gasteiger charge is -2.32. The summed E-state index contributed by atoms with van der Waals surface area (Å²) in [5, 5.41) is 21.7. The first-order valence-electron chi connectivity index (χ1n) is 11.5. The summed E-state index contributed by atoms with van der Waals surface area (Å²) < 4.78 is 6.94. The zero-order valence-corrected chi connectivity index (χ0v) is 22.6. The molecule has 0 radical (unpaired) electrons. The molecule has 0 bridgehead atoms. The molecule has 1 atom stereocenters. The number of aromatic nitrogens is 2. The van der Waals surface area contributed by atoms with Crippen LogP contribution in [-0.4, -0.2) is 65.6 Å². The summed E-state index contributed by atoms with van der Waals surface area (Å²) >= 11 is 0. The summed E-state index contributed by atoms with van der Waals surface area (Å²) in [6.07, 6.45) is 5.84. The van der Waals surface area contributed by atoms with Gasteiger partial charge in [-0.15, -0.1) is 24.0 Å². The van der Waals surface area contributed by atoms with Gasteiger partial charge in [0.1, 0.15) is 11.4 Å². The number of methoxy groups -OCH3 is 1. The van der Waals surface area contributed by atoms with Crippen molar-refractivity contribution in [2.75, 3.05) is 39.8 Å². The van der Waals surface area contributed by atoms with Crippen molar-refractivity contribution in [3.8, 4) is 5.75 Å². The van der Waals surface area contributed by atoms with E-state index in [9.17, 15) is 5.11 Å². The van der Waals surface area contributed by atoms with E-state index in [-0.39, 0.29) is 30.5 Å². The summed E-state index contributed by atoms with van der Waals surface area (Å²) in [4.78, 5) is 7.14. The van der Waals surface area contributed by atoms with Crippen LogP contribution in [0.2, 0.25) is 0 Å². The van der Waals surface area contributed by atoms with Crippen LogP contribution < -0.4 is 15.4 Å². The summed E-state index contributed by atoms with van der Waals surface area (Å²) in [6.45, 7) is 8.94. The van der Waals surface area contributed by atoms with Gasteiger partial charge in [0.15, 0.2) is 5.96 Å². The number of hydrogen-bond acceptors (Lipinski definition) is 5. The fraction of sp³-hybridized carbons (Fsp3) is 0.583. The molecule has 0 spiro atoms. The number of benzene rings is 1. The Bertz CT molecular complexity index is 860. The topological polar surface area (TPSA) is 86.9 Å². The maximum atomic E-state index is 10.8. The van der Waals surface area contributed by atoms with Crippen molar-refractivity contribution in [3.05, 3.63) is 47.8 Å². The lowest BCUT2D eigenvalue weighted by Crippen LogP contribution is -2.43. The van der Waals surface area contributed by atoms with Gasteiger partial charge in [-0.25, -0.2) is 4.99 Å². The monoisotopic (exact) mass is 570 g/mol. The molecule has 1 aromatic carbocycles. The zero-order chi connectivity index (χ0) is 23.0. The first-order valence-corrected chi connectivity index (χ1v) is 11.5. The first-order chi connectivity index (χ1) is 15.4. The van der Waals surface area contributed by atoms with Gasteiger partial charge in [-0.05, 0) is 63.4 Å². The highest BCUT2D eigenvalue weighted by Gasteiger charge is 2.25. The van der Waals surface area contributed by atoms with Crippen LogP contribution in [0.15, 0.2) is 41.7 Å². The highest BCUT2D eigenvalue weighted by Crippen LogP contribution is 2.21. The third kappa shape index (κ3) is 8.46. The number of hydrogen-bond donors (Lipinski definition) is 3. The Hall–Kier alpha value is -1.85. The molecule has 33 heavy (non-hydrogen) atoms. The standard InChI is InChI=1S/C24H38N6O2.HI/c1-5-25-23(27-18-24(2,31)21-15-28-29(3)17-21)26-14-19-10-12-30(13-11-19)16-20-6-8-22(32-4)9-7-20;/h6-9,15,17,19,31H,5,10-14,16,18H2,1-4H3,(H2,25,26,27);1H. The number of rotatable bonds is 9. The molecule has 3 N–H and O–H groups in total. The van der Waals surface area contributed by atoms with Crippen LogP contribution in [0.4, 0.5) is 0 Å². The molecule has 184 valence electrons. The van der Waals surface area contributed by atoms with Gasteiger partial charge in [-0.2, -0.15) is 5.10 Å². The SMILES string of the molecule is CCNC(=NCC(C)(O)c1cnn(C)c1)NCC1CCN(Cc2ccc(OC)cc2)CC1.I. The molecule has 0 aliphatic carbocycles. The number of aryl methyl sites for hydroxylation is 1. The van der Waals surface area contributed by atoms with Gasteiger partial charge in [-0.3, -0.25) is 9.58 Å². The van der Waals surface area contributed by atoms with Crippen molar-refractivity contribution in [1.82, 2.24) is 25.3 Å². The molecule has 1 aliphatic heterocycles. The summed E-state index contributed by atoms with van der Waals surface area (Å²) in [6, 6.07) is 8.34. The van der Waals surface area contributed by atoms with Crippen LogP contribution >= 0.6 is 24.0 Å². The molecular formula is C24H39IN6O2. The minimum Gasteiger partial charge on any atom is -0.497 e. The Balaban J connectivity index is 0.00000385. The Labute approximate surface area is 214 Å². The number of likely N-dealkylation sites (tertiary alicyclic amines) is 1. The molecule has 1 saturated heterocycles. The van der Waals surface area contributed by atoms with E-state index >= 15 is 0 Å². The summed E-state index contributed by atoms with van der Waals surface area (Å²) in [5.74, 6) is 2.26. The number of halogens is 1. The Morgan fingerprint density at radius 3 is 2.52 bits per heavy atom. The number of guanidine groups is 1. The molecule has 9 heteroatoms. The number of aliphatic hydroxyl groups is 1. The average Bonchev–Trinajstić information content (AvgIpc) is 3.24. The van der Waals surface area contributed by atoms with E-state index in [2.05, 4.69) is 37.8 Å². The van der Waals surface area contributed by atoms with Gasteiger partial charge in [0.05, 0.1) is 19.9 Å². The lowest BCUT2D eigenvalue weighted by molar-refractivity contribution is 0.0671. The molecule has 0 amide bonds. The predicted molar refractivity (Wildman–Crippen MR) is 143 cm³/mol. The van der Waals surface area contributed by atoms with E-state index in [1.807, 2.05) is 32.3 Å². The second-order valence-electron chi connectivity index (χ2n) is 8.82. The third-order valence-corrected chi connectivity index (χ3v) is 6.05. The van der Waals surface area contributed by atoms with Crippen molar-refractivity contribution in [2.45, 2.75) is 38.8 Å². The van der Waals surface area contributed by atoms with Gasteiger partial charge in [0, 0.05) is 38.4 Å². The minimum absolute atomic E-state index is 0. The minimum atomic E-state index is -1.05. The molecule has 3 rings (SSSR count). The maximum Gasteiger partial charge on any atom is 0.191 e. The second-order valence-corrected chi connectivity index (χ2v) is 8.82. The molecule has 2 heterocycles. The maximum absolute atomic E-state index is 10.8. The smallest absolute Gasteiger partial charge is 0.191 e. The van der Waals surface area contributed by atoms with E-state index in [0.717, 1.165) is 62.8 Å². The molecule has 2 aromatic rings. The van der Waals surface area contributed by atoms with Crippen molar-refractivity contribution in [1.29, 1.82) is 0 Å². The number of ether oxygens (including phenoxy) is 1. The number of nitrogens with one attached hydrogen (secondary N) is 2. The Morgan fingerprint density at radius 1 is 1.24 bits per heavy atom. The van der Waals surface area contributed by atoms with E-state index < -0.39 is 5.60 Å². The van der Waals surface area contributed by atoms with E-state index in [4.69, 9.17) is 4.74 Å². The highest BCUT2D eigenvalue weighted by molar-refractivity contribution is 14.0. The molecule has 1 aromatic heterocycles. The predicted octanol–water partition coefficient (Wildman–Crippen LogP) is 2.72. The largest absolute Gasteiger partial charge is 0.497 e. The Kier molecular flexibility index (Phi) is 10.9. The fourth-order valence-corrected chi connectivity index (χ4v) is 3.94. The van der Waals surface area contributed by atoms with Gasteiger partial charge in [0.2, 0.25) is 0 Å². The third-order valence-electron chi connectivity index (χ3n) is 6.05. The molecule has 1 fully saturated rings. The van der Waals surface area contributed by atoms with E-state index in [1.165, 1.54) is 5.56 Å². The molecule has 0 saturated carbocycles. The van der Waals surface area contributed by atoms with Crippen LogP contribution in [0.25, 0.3) is 0 Å². The quantitative estimate of drug-likeness (QED) is 0.244. The molecule has 8 nitrogen and oxygen atoms in total. The van der Waals surface area contributed by atoms with Crippen LogP contribution in [0.5, 0.6) is 5.75 Å². The zero-order valence-electron chi connectivity index (χ0n) is 20.3. The van der Waals surface area contributed by atoms with Crippen LogP contribution in [0, 0.1) is 5.92 Å². The van der Waals surface area contributed by atoms with Crippen molar-refractivity contribution in [2.24, 2.45) is 18.0 Å². The van der Waals surface area contributed by atoms with Crippen LogP contribution in [-0.2, 0) is 19.2 Å². The number of nitrogens with zero attached hydrogens (tertiary/aromatic N) is 4. The number of piperidine rings is 1. The van der Waals surface area contributed by atoms with Gasteiger partial charge in [0.25, 0.3) is 0 Å². The first kappa shape index (κ1) is 27.4. The van der Waals surface area contributed by atoms with Crippen LogP contribution in [0.1, 0.15) is 37.8 Å². The Morgan fingerprint density at radius 2 is 1.94 bits per heavy atom. The normalized spacial score (nSPS) is 17.2. The highest BCUT2D eigenvalue weighted by atomic mass is 127. The molecule has 1 aliphatic rings. The van der Waals surface area contributed by atoms with Gasteiger partial charge in [-0.1, -0.05) is 12.1 Å². The average molecular weight is 571 g/mol. The van der Waals surface area contributed by atoms with Gasteiger partial charge < -0.3 is 20.5 Å². The van der Waals surface area contributed by atoms with E-state index in [0.29, 0.717) is 5.92 Å². The van der Waals surface area contributed by atoms with E-state index in [1.54, 1.807) is 24.9 Å². The number of aliphatic imine (C=N–C) groups is 1. The summed E-state index contributed by atoms with van der Waals surface area (Å²) in [5.41, 5.74) is 1.04. The second kappa shape index (κ2) is 13.1.